The van der Waals surface area contributed by atoms with Gasteiger partial charge in [-0.1, -0.05) is 25.2 Å². The molecule has 0 aliphatic rings. The summed E-state index contributed by atoms with van der Waals surface area (Å²) in [6, 6.07) is 3.98. The quantitative estimate of drug-likeness (QED) is 0.807. The molecule has 5 heteroatoms. The number of carbonyl (C=O) groups is 1. The highest BCUT2D eigenvalue weighted by atomic mass is 32.1. The number of nitrogens with two attached hydrogens (primary N) is 1. The number of carbonyl (C=O) groups excluding carboxylic acids is 1. The maximum Gasteiger partial charge on any atom is 0.251 e. The number of halogens is 1. The first-order chi connectivity index (χ1) is 7.95. The number of hydrogen-bond acceptors (Lipinski definition) is 2. The minimum absolute atomic E-state index is 0.230. The lowest BCUT2D eigenvalue weighted by atomic mass is 10.1. The summed E-state index contributed by atoms with van der Waals surface area (Å²) in [5, 5.41) is 2.66. The van der Waals surface area contributed by atoms with Gasteiger partial charge in [0.25, 0.3) is 5.91 Å². The lowest BCUT2D eigenvalue weighted by molar-refractivity contribution is 0.0946. The third-order valence-corrected chi connectivity index (χ3v) is 2.78. The fourth-order valence-electron chi connectivity index (χ4n) is 1.35. The average Bonchev–Trinajstić information content (AvgIpc) is 2.28. The van der Waals surface area contributed by atoms with Crippen LogP contribution >= 0.6 is 12.2 Å². The maximum atomic E-state index is 13.3. The summed E-state index contributed by atoms with van der Waals surface area (Å²) in [7, 11) is 0. The highest BCUT2D eigenvalue weighted by Crippen LogP contribution is 2.09. The minimum Gasteiger partial charge on any atom is -0.392 e. The van der Waals surface area contributed by atoms with Gasteiger partial charge in [-0.25, -0.2) is 4.39 Å². The molecular formula is C12H15FN2OS. The predicted molar refractivity (Wildman–Crippen MR) is 69.5 cm³/mol. The molecule has 0 aromatic heterocycles. The topological polar surface area (TPSA) is 55.1 Å². The summed E-state index contributed by atoms with van der Waals surface area (Å²) >= 11 is 4.82. The molecule has 0 aliphatic heterocycles. The van der Waals surface area contributed by atoms with Crippen LogP contribution in [0.2, 0.25) is 0 Å². The van der Waals surface area contributed by atoms with Crippen molar-refractivity contribution in [3.63, 3.8) is 0 Å². The zero-order chi connectivity index (χ0) is 13.0. The number of hydrogen-bond donors (Lipinski definition) is 2. The molecule has 1 aromatic carbocycles. The fraction of sp³-hybridized carbons (Fsp3) is 0.333. The van der Waals surface area contributed by atoms with Crippen molar-refractivity contribution in [1.82, 2.24) is 5.32 Å². The third-order valence-electron chi connectivity index (χ3n) is 2.49. The Kier molecular flexibility index (Phi) is 4.57. The Balaban J connectivity index is 2.82. The number of rotatable bonds is 4. The zero-order valence-corrected chi connectivity index (χ0v) is 10.6. The summed E-state index contributed by atoms with van der Waals surface area (Å²) in [5.41, 5.74) is 6.24. The van der Waals surface area contributed by atoms with Crippen molar-refractivity contribution in [2.75, 3.05) is 0 Å². The Morgan fingerprint density at radius 2 is 2.24 bits per heavy atom. The SMILES string of the molecule is CCC(NC(=O)c1ccc(C)c(F)c1)C(N)=S. The van der Waals surface area contributed by atoms with E-state index in [-0.39, 0.29) is 22.5 Å². The van der Waals surface area contributed by atoms with Gasteiger partial charge in [-0.15, -0.1) is 0 Å². The Morgan fingerprint density at radius 1 is 1.59 bits per heavy atom. The van der Waals surface area contributed by atoms with Crippen molar-refractivity contribution in [3.05, 3.63) is 35.1 Å². The molecule has 0 bridgehead atoms. The van der Waals surface area contributed by atoms with Crippen molar-refractivity contribution >= 4 is 23.1 Å². The van der Waals surface area contributed by atoms with Gasteiger partial charge in [0.15, 0.2) is 0 Å². The lowest BCUT2D eigenvalue weighted by Crippen LogP contribution is -2.43. The van der Waals surface area contributed by atoms with Gasteiger partial charge in [-0.2, -0.15) is 0 Å². The van der Waals surface area contributed by atoms with Crippen LogP contribution in [0.25, 0.3) is 0 Å². The van der Waals surface area contributed by atoms with E-state index < -0.39 is 5.82 Å². The Bertz CT molecular complexity index is 448. The van der Waals surface area contributed by atoms with E-state index in [9.17, 15) is 9.18 Å². The number of aryl methyl sites for hydroxylation is 1. The van der Waals surface area contributed by atoms with E-state index >= 15 is 0 Å². The summed E-state index contributed by atoms with van der Waals surface area (Å²) in [6.07, 6.45) is 0.607. The second-order valence-electron chi connectivity index (χ2n) is 3.80. The van der Waals surface area contributed by atoms with Crippen LogP contribution in [0.15, 0.2) is 18.2 Å². The van der Waals surface area contributed by atoms with E-state index in [0.29, 0.717) is 12.0 Å². The number of thiocarbonyl (C=S) groups is 1. The van der Waals surface area contributed by atoms with Gasteiger partial charge in [-0.05, 0) is 31.0 Å². The minimum atomic E-state index is -0.402. The molecule has 1 atom stereocenters. The van der Waals surface area contributed by atoms with Gasteiger partial charge in [0.1, 0.15) is 5.82 Å². The Hall–Kier alpha value is -1.49. The van der Waals surface area contributed by atoms with E-state index in [4.69, 9.17) is 18.0 Å². The van der Waals surface area contributed by atoms with Crippen molar-refractivity contribution in [2.24, 2.45) is 5.73 Å². The first kappa shape index (κ1) is 13.6. The first-order valence-electron chi connectivity index (χ1n) is 5.32. The van der Waals surface area contributed by atoms with Crippen LogP contribution in [-0.2, 0) is 0 Å². The number of nitrogens with one attached hydrogen (secondary N) is 1. The van der Waals surface area contributed by atoms with Crippen LogP contribution in [0.5, 0.6) is 0 Å². The molecule has 0 saturated heterocycles. The normalized spacial score (nSPS) is 11.9. The molecule has 0 radical (unpaired) electrons. The molecule has 3 N–H and O–H groups in total. The number of benzene rings is 1. The van der Waals surface area contributed by atoms with Gasteiger partial charge in [0, 0.05) is 5.56 Å². The van der Waals surface area contributed by atoms with Crippen LogP contribution in [-0.4, -0.2) is 16.9 Å². The zero-order valence-electron chi connectivity index (χ0n) is 9.79. The van der Waals surface area contributed by atoms with E-state index in [0.717, 1.165) is 0 Å². The van der Waals surface area contributed by atoms with Gasteiger partial charge >= 0.3 is 0 Å². The third kappa shape index (κ3) is 3.49. The Morgan fingerprint density at radius 3 is 2.71 bits per heavy atom. The predicted octanol–water partition coefficient (Wildman–Crippen LogP) is 1.93. The molecule has 1 amide bonds. The van der Waals surface area contributed by atoms with Gasteiger partial charge in [-0.3, -0.25) is 4.79 Å². The lowest BCUT2D eigenvalue weighted by Gasteiger charge is -2.15. The highest BCUT2D eigenvalue weighted by Gasteiger charge is 2.14. The van der Waals surface area contributed by atoms with E-state index in [1.807, 2.05) is 6.92 Å². The summed E-state index contributed by atoms with van der Waals surface area (Å²) < 4.78 is 13.3. The van der Waals surface area contributed by atoms with Crippen molar-refractivity contribution < 1.29 is 9.18 Å². The summed E-state index contributed by atoms with van der Waals surface area (Å²) in [6.45, 7) is 3.50. The van der Waals surface area contributed by atoms with Crippen LogP contribution in [0.3, 0.4) is 0 Å². The molecule has 1 unspecified atom stereocenters. The van der Waals surface area contributed by atoms with Crippen molar-refractivity contribution in [2.45, 2.75) is 26.3 Å². The molecule has 0 saturated carbocycles. The van der Waals surface area contributed by atoms with E-state index in [2.05, 4.69) is 5.32 Å². The summed E-state index contributed by atoms with van der Waals surface area (Å²) in [5.74, 6) is -0.774. The Labute approximate surface area is 105 Å². The molecule has 92 valence electrons. The second-order valence-corrected chi connectivity index (χ2v) is 4.27. The number of amides is 1. The summed E-state index contributed by atoms with van der Waals surface area (Å²) in [4.78, 5) is 12.0. The van der Waals surface area contributed by atoms with E-state index in [1.165, 1.54) is 6.07 Å². The standard InChI is InChI=1S/C12H15FN2OS/c1-3-10(11(14)17)15-12(16)8-5-4-7(2)9(13)6-8/h4-6,10H,3H2,1-2H3,(H2,14,17)(H,15,16). The van der Waals surface area contributed by atoms with Gasteiger partial charge < -0.3 is 11.1 Å². The van der Waals surface area contributed by atoms with Crippen LogP contribution in [0.1, 0.15) is 29.3 Å². The van der Waals surface area contributed by atoms with Gasteiger partial charge in [0.2, 0.25) is 0 Å². The van der Waals surface area contributed by atoms with E-state index in [1.54, 1.807) is 19.1 Å². The van der Waals surface area contributed by atoms with Crippen LogP contribution in [0.4, 0.5) is 4.39 Å². The molecule has 3 nitrogen and oxygen atoms in total. The van der Waals surface area contributed by atoms with Gasteiger partial charge in [0.05, 0.1) is 11.0 Å². The second kappa shape index (κ2) is 5.72. The van der Waals surface area contributed by atoms with Crippen LogP contribution < -0.4 is 11.1 Å². The maximum absolute atomic E-state index is 13.3. The molecule has 1 aromatic rings. The monoisotopic (exact) mass is 254 g/mol. The highest BCUT2D eigenvalue weighted by molar-refractivity contribution is 7.80. The smallest absolute Gasteiger partial charge is 0.251 e. The molecular weight excluding hydrogens is 239 g/mol. The molecule has 0 heterocycles. The fourth-order valence-corrected chi connectivity index (χ4v) is 1.58. The first-order valence-corrected chi connectivity index (χ1v) is 5.72. The molecule has 0 fully saturated rings. The van der Waals surface area contributed by atoms with Crippen molar-refractivity contribution in [3.8, 4) is 0 Å². The average molecular weight is 254 g/mol. The molecule has 1 rings (SSSR count). The molecule has 17 heavy (non-hydrogen) atoms. The molecule has 0 aliphatic carbocycles. The molecule has 0 spiro atoms. The van der Waals surface area contributed by atoms with Crippen LogP contribution in [0, 0.1) is 12.7 Å². The van der Waals surface area contributed by atoms with Crippen molar-refractivity contribution in [1.29, 1.82) is 0 Å². The largest absolute Gasteiger partial charge is 0.392 e.